The normalized spacial score (nSPS) is 22.6. The molecule has 3 N–H and O–H groups in total. The number of benzene rings is 1. The Morgan fingerprint density at radius 2 is 1.92 bits per heavy atom. The Hall–Kier alpha value is -1.43. The molecule has 2 unspecified atom stereocenters. The highest BCUT2D eigenvalue weighted by Gasteiger charge is 2.36. The van der Waals surface area contributed by atoms with Gasteiger partial charge in [-0.1, -0.05) is 37.3 Å². The van der Waals surface area contributed by atoms with Crippen LogP contribution in [0.25, 0.3) is 0 Å². The standard InChI is InChI=1S/C20H31N3O2/c1-15(18-12-21-13-18)19(24)22-14-20(8-10-25-11-9-20)23-16(2)17-6-4-3-5-7-17/h3-7,15-16,18,21,23H,8-14H2,1-2H3,(H,22,24). The van der Waals surface area contributed by atoms with E-state index in [-0.39, 0.29) is 23.4 Å². The first-order chi connectivity index (χ1) is 12.1. The van der Waals surface area contributed by atoms with Crippen molar-refractivity contribution in [1.82, 2.24) is 16.0 Å². The molecule has 2 atom stereocenters. The third-order valence-electron chi connectivity index (χ3n) is 5.81. The van der Waals surface area contributed by atoms with E-state index in [0.29, 0.717) is 12.5 Å². The molecule has 0 aliphatic carbocycles. The average Bonchev–Trinajstić information content (AvgIpc) is 2.60. The van der Waals surface area contributed by atoms with E-state index in [2.05, 4.69) is 47.1 Å². The molecule has 2 saturated heterocycles. The Labute approximate surface area is 150 Å². The van der Waals surface area contributed by atoms with Crippen molar-refractivity contribution >= 4 is 5.91 Å². The lowest BCUT2D eigenvalue weighted by Crippen LogP contribution is -2.58. The highest BCUT2D eigenvalue weighted by atomic mass is 16.5. The minimum Gasteiger partial charge on any atom is -0.381 e. The summed E-state index contributed by atoms with van der Waals surface area (Å²) in [6, 6.07) is 10.7. The lowest BCUT2D eigenvalue weighted by molar-refractivity contribution is -0.127. The summed E-state index contributed by atoms with van der Waals surface area (Å²) in [4.78, 5) is 12.5. The van der Waals surface area contributed by atoms with Gasteiger partial charge in [0.05, 0.1) is 0 Å². The highest BCUT2D eigenvalue weighted by molar-refractivity contribution is 5.78. The van der Waals surface area contributed by atoms with Crippen molar-refractivity contribution in [3.8, 4) is 0 Å². The lowest BCUT2D eigenvalue weighted by atomic mass is 9.86. The molecule has 2 aliphatic rings. The Morgan fingerprint density at radius 1 is 1.24 bits per heavy atom. The second-order valence-corrected chi connectivity index (χ2v) is 7.59. The summed E-state index contributed by atoms with van der Waals surface area (Å²) in [6.07, 6.45) is 1.84. The molecule has 2 fully saturated rings. The molecular weight excluding hydrogens is 314 g/mol. The summed E-state index contributed by atoms with van der Waals surface area (Å²) in [6.45, 7) is 8.29. The van der Waals surface area contributed by atoms with Crippen LogP contribution in [0.15, 0.2) is 30.3 Å². The van der Waals surface area contributed by atoms with E-state index in [1.54, 1.807) is 0 Å². The van der Waals surface area contributed by atoms with Gasteiger partial charge in [-0.3, -0.25) is 4.79 Å². The fraction of sp³-hybridized carbons (Fsp3) is 0.650. The predicted molar refractivity (Wildman–Crippen MR) is 99.3 cm³/mol. The number of hydrogen-bond acceptors (Lipinski definition) is 4. The van der Waals surface area contributed by atoms with Crippen LogP contribution in [-0.4, -0.2) is 44.3 Å². The minimum atomic E-state index is -0.0965. The largest absolute Gasteiger partial charge is 0.381 e. The molecule has 138 valence electrons. The molecule has 0 bridgehead atoms. The predicted octanol–water partition coefficient (Wildman–Crippen LogP) is 1.86. The first kappa shape index (κ1) is 18.4. The number of rotatable bonds is 7. The number of amides is 1. The Morgan fingerprint density at radius 3 is 2.52 bits per heavy atom. The molecule has 2 heterocycles. The molecule has 3 rings (SSSR count). The third-order valence-corrected chi connectivity index (χ3v) is 5.81. The van der Waals surface area contributed by atoms with E-state index in [0.717, 1.165) is 39.1 Å². The van der Waals surface area contributed by atoms with Crippen LogP contribution < -0.4 is 16.0 Å². The van der Waals surface area contributed by atoms with E-state index in [9.17, 15) is 4.79 Å². The van der Waals surface area contributed by atoms with E-state index in [4.69, 9.17) is 4.74 Å². The van der Waals surface area contributed by atoms with E-state index >= 15 is 0 Å². The Bertz CT molecular complexity index is 553. The molecule has 1 aromatic carbocycles. The minimum absolute atomic E-state index is 0.0738. The Balaban J connectivity index is 1.61. The number of hydrogen-bond donors (Lipinski definition) is 3. The topological polar surface area (TPSA) is 62.4 Å². The van der Waals surface area contributed by atoms with Gasteiger partial charge in [-0.2, -0.15) is 0 Å². The summed E-state index contributed by atoms with van der Waals surface area (Å²) in [5.41, 5.74) is 1.18. The van der Waals surface area contributed by atoms with Gasteiger partial charge < -0.3 is 20.7 Å². The second-order valence-electron chi connectivity index (χ2n) is 7.59. The number of carbonyl (C=O) groups is 1. The first-order valence-corrected chi connectivity index (χ1v) is 9.48. The zero-order chi connectivity index (χ0) is 17.7. The maximum absolute atomic E-state index is 12.5. The Kier molecular flexibility index (Phi) is 6.10. The van der Waals surface area contributed by atoms with Crippen LogP contribution in [0.4, 0.5) is 0 Å². The van der Waals surface area contributed by atoms with Crippen molar-refractivity contribution in [2.45, 2.75) is 38.3 Å². The summed E-state index contributed by atoms with van der Waals surface area (Å²) in [7, 11) is 0. The van der Waals surface area contributed by atoms with Crippen LogP contribution in [0.3, 0.4) is 0 Å². The van der Waals surface area contributed by atoms with Crippen LogP contribution in [0.5, 0.6) is 0 Å². The van der Waals surface area contributed by atoms with Gasteiger partial charge in [0.25, 0.3) is 0 Å². The van der Waals surface area contributed by atoms with Crippen molar-refractivity contribution in [2.75, 3.05) is 32.8 Å². The molecular formula is C20H31N3O2. The summed E-state index contributed by atoms with van der Waals surface area (Å²) in [5.74, 6) is 0.720. The van der Waals surface area contributed by atoms with Gasteiger partial charge in [0.2, 0.25) is 5.91 Å². The fourth-order valence-corrected chi connectivity index (χ4v) is 3.71. The van der Waals surface area contributed by atoms with E-state index in [1.165, 1.54) is 5.56 Å². The molecule has 0 saturated carbocycles. The maximum atomic E-state index is 12.5. The molecule has 5 nitrogen and oxygen atoms in total. The molecule has 5 heteroatoms. The molecule has 25 heavy (non-hydrogen) atoms. The van der Waals surface area contributed by atoms with E-state index < -0.39 is 0 Å². The van der Waals surface area contributed by atoms with Gasteiger partial charge in [-0.05, 0) is 44.3 Å². The van der Waals surface area contributed by atoms with Crippen molar-refractivity contribution in [2.24, 2.45) is 11.8 Å². The second kappa shape index (κ2) is 8.30. The van der Waals surface area contributed by atoms with Crippen LogP contribution >= 0.6 is 0 Å². The third kappa shape index (κ3) is 4.60. The van der Waals surface area contributed by atoms with Gasteiger partial charge >= 0.3 is 0 Å². The van der Waals surface area contributed by atoms with Crippen molar-refractivity contribution < 1.29 is 9.53 Å². The summed E-state index contributed by atoms with van der Waals surface area (Å²) in [5, 5.41) is 10.3. The smallest absolute Gasteiger partial charge is 0.223 e. The van der Waals surface area contributed by atoms with Gasteiger partial charge in [0.1, 0.15) is 0 Å². The van der Waals surface area contributed by atoms with Crippen LogP contribution in [0, 0.1) is 11.8 Å². The number of ether oxygens (including phenoxy) is 1. The maximum Gasteiger partial charge on any atom is 0.223 e. The van der Waals surface area contributed by atoms with Crippen LogP contribution in [0.2, 0.25) is 0 Å². The molecule has 0 aromatic heterocycles. The molecule has 1 amide bonds. The zero-order valence-corrected chi connectivity index (χ0v) is 15.4. The lowest BCUT2D eigenvalue weighted by Gasteiger charge is -2.41. The fourth-order valence-electron chi connectivity index (χ4n) is 3.71. The summed E-state index contributed by atoms with van der Waals surface area (Å²) >= 11 is 0. The quantitative estimate of drug-likeness (QED) is 0.706. The van der Waals surface area contributed by atoms with Crippen LogP contribution in [-0.2, 0) is 9.53 Å². The van der Waals surface area contributed by atoms with Gasteiger partial charge in [0.15, 0.2) is 0 Å². The summed E-state index contributed by atoms with van der Waals surface area (Å²) < 4.78 is 5.57. The van der Waals surface area contributed by atoms with Crippen molar-refractivity contribution in [3.05, 3.63) is 35.9 Å². The van der Waals surface area contributed by atoms with Crippen molar-refractivity contribution in [3.63, 3.8) is 0 Å². The van der Waals surface area contributed by atoms with Gasteiger partial charge in [-0.25, -0.2) is 0 Å². The monoisotopic (exact) mass is 345 g/mol. The van der Waals surface area contributed by atoms with E-state index in [1.807, 2.05) is 13.0 Å². The average molecular weight is 345 g/mol. The van der Waals surface area contributed by atoms with Gasteiger partial charge in [0, 0.05) is 37.3 Å². The van der Waals surface area contributed by atoms with Gasteiger partial charge in [-0.15, -0.1) is 0 Å². The van der Waals surface area contributed by atoms with Crippen LogP contribution in [0.1, 0.15) is 38.3 Å². The molecule has 0 radical (unpaired) electrons. The highest BCUT2D eigenvalue weighted by Crippen LogP contribution is 2.25. The molecule has 2 aliphatic heterocycles. The number of carbonyl (C=O) groups excluding carboxylic acids is 1. The van der Waals surface area contributed by atoms with Crippen molar-refractivity contribution in [1.29, 1.82) is 0 Å². The molecule has 1 aromatic rings. The zero-order valence-electron chi connectivity index (χ0n) is 15.4. The first-order valence-electron chi connectivity index (χ1n) is 9.48. The number of nitrogens with one attached hydrogen (secondary N) is 3. The molecule has 0 spiro atoms. The SMILES string of the molecule is CC(NC1(CNC(=O)C(C)C2CNC2)CCOCC1)c1ccccc1.